The highest BCUT2D eigenvalue weighted by molar-refractivity contribution is 6.07. The molecule has 6 rings (SSSR count). The number of hydrogen-bond acceptors (Lipinski definition) is 2. The number of allylic oxidation sites excluding steroid dienone is 1. The molecule has 0 heterocycles. The van der Waals surface area contributed by atoms with Gasteiger partial charge in [0, 0.05) is 47.8 Å². The predicted octanol–water partition coefficient (Wildman–Crippen LogP) is 10.9. The van der Waals surface area contributed by atoms with Gasteiger partial charge in [-0.3, -0.25) is 10.8 Å². The lowest BCUT2D eigenvalue weighted by Crippen LogP contribution is -2.47. The second-order valence-corrected chi connectivity index (χ2v) is 14.3. The van der Waals surface area contributed by atoms with Gasteiger partial charge in [0.15, 0.2) is 0 Å². The molecule has 2 aliphatic carbocycles. The summed E-state index contributed by atoms with van der Waals surface area (Å²) in [6.45, 7) is 18.8. The van der Waals surface area contributed by atoms with Crippen LogP contribution in [0.1, 0.15) is 95.2 Å². The van der Waals surface area contributed by atoms with Crippen molar-refractivity contribution in [2.24, 2.45) is 0 Å². The van der Waals surface area contributed by atoms with Gasteiger partial charge in [0.05, 0.1) is 5.69 Å². The van der Waals surface area contributed by atoms with Gasteiger partial charge in [0.2, 0.25) is 11.9 Å². The maximum absolute atomic E-state index is 9.05. The monoisotopic (exact) mass is 696 g/mol. The minimum absolute atomic E-state index is 0.205. The van der Waals surface area contributed by atoms with E-state index in [0.29, 0.717) is 11.9 Å². The molecule has 2 N–H and O–H groups in total. The lowest BCUT2D eigenvalue weighted by atomic mass is 10.1. The molecule has 0 aromatic heterocycles. The van der Waals surface area contributed by atoms with Gasteiger partial charge in [0.1, 0.15) is 0 Å². The van der Waals surface area contributed by atoms with E-state index in [0.717, 1.165) is 55.8 Å². The quantitative estimate of drug-likeness (QED) is 0.128. The molecule has 6 nitrogen and oxygen atoms in total. The SMILES string of the molecule is CCc1cccc(N(C(=N)N(CC)c2cccc3c2C=CC3)C(C)C)c1.CCc1cccc(N(C(=N)N(CC)c2cccc3c2CCC3)C(C)C)c1. The largest absolute Gasteiger partial charge is 0.312 e. The number of nitrogens with zero attached hydrogens (tertiary/aromatic N) is 4. The van der Waals surface area contributed by atoms with Crippen molar-refractivity contribution in [2.75, 3.05) is 32.7 Å². The third kappa shape index (κ3) is 8.28. The first kappa shape index (κ1) is 38.4. The standard InChI is InChI=1S/C23H31N3.C23H29N3/c2*1-5-18-10-7-13-20(16-18)26(17(3)4)23(24)25(6-2)22-15-9-12-19-11-8-14-21(19)22/h7,9-10,12-13,15-17,24H,5-6,8,11,14H2,1-4H3;7-10,12-17,24H,5-6,11H2,1-4H3. The normalized spacial score (nSPS) is 12.7. The van der Waals surface area contributed by atoms with Crippen LogP contribution in [-0.4, -0.2) is 37.1 Å². The molecule has 4 aromatic rings. The van der Waals surface area contributed by atoms with Crippen molar-refractivity contribution >= 4 is 40.7 Å². The van der Waals surface area contributed by atoms with Crippen LogP contribution < -0.4 is 19.6 Å². The van der Waals surface area contributed by atoms with Crippen molar-refractivity contribution in [2.45, 2.75) is 106 Å². The van der Waals surface area contributed by atoms with Crippen LogP contribution >= 0.6 is 0 Å². The fraction of sp³-hybridized carbons (Fsp3) is 0.391. The lowest BCUT2D eigenvalue weighted by molar-refractivity contribution is 0.786. The van der Waals surface area contributed by atoms with Crippen molar-refractivity contribution in [3.63, 3.8) is 0 Å². The van der Waals surface area contributed by atoms with E-state index in [1.54, 1.807) is 0 Å². The summed E-state index contributed by atoms with van der Waals surface area (Å²) in [7, 11) is 0. The number of rotatable bonds is 10. The van der Waals surface area contributed by atoms with Crippen LogP contribution in [0.3, 0.4) is 0 Å². The minimum Gasteiger partial charge on any atom is -0.312 e. The first-order valence-electron chi connectivity index (χ1n) is 19.5. The highest BCUT2D eigenvalue weighted by Crippen LogP contribution is 2.34. The maximum Gasteiger partial charge on any atom is 0.203 e. The molecule has 0 fully saturated rings. The van der Waals surface area contributed by atoms with E-state index in [1.807, 2.05) is 0 Å². The molecule has 0 bridgehead atoms. The van der Waals surface area contributed by atoms with Crippen molar-refractivity contribution < 1.29 is 0 Å². The van der Waals surface area contributed by atoms with E-state index in [4.69, 9.17) is 10.8 Å². The Hall–Kier alpha value is -4.84. The first-order chi connectivity index (χ1) is 25.1. The van der Waals surface area contributed by atoms with Gasteiger partial charge < -0.3 is 19.6 Å². The van der Waals surface area contributed by atoms with Crippen LogP contribution in [-0.2, 0) is 32.1 Å². The van der Waals surface area contributed by atoms with E-state index < -0.39 is 0 Å². The average molecular weight is 697 g/mol. The summed E-state index contributed by atoms with van der Waals surface area (Å²) in [5.74, 6) is 1.10. The number of nitrogens with one attached hydrogen (secondary N) is 2. The third-order valence-corrected chi connectivity index (χ3v) is 10.3. The molecular weight excluding hydrogens is 637 g/mol. The van der Waals surface area contributed by atoms with Gasteiger partial charge in [0.25, 0.3) is 0 Å². The molecular formula is C46H60N6. The van der Waals surface area contributed by atoms with Crippen LogP contribution in [0.15, 0.2) is 91.0 Å². The fourth-order valence-electron chi connectivity index (χ4n) is 7.67. The summed E-state index contributed by atoms with van der Waals surface area (Å²) < 4.78 is 0. The van der Waals surface area contributed by atoms with Crippen molar-refractivity contribution in [1.82, 2.24) is 0 Å². The average Bonchev–Trinajstić information content (AvgIpc) is 3.84. The molecule has 274 valence electrons. The first-order valence-corrected chi connectivity index (χ1v) is 19.5. The van der Waals surface area contributed by atoms with Gasteiger partial charge in [-0.05, 0) is 144 Å². The van der Waals surface area contributed by atoms with Gasteiger partial charge in [-0.15, -0.1) is 0 Å². The Balaban J connectivity index is 0.000000201. The minimum atomic E-state index is 0.205. The van der Waals surface area contributed by atoms with Crippen LogP contribution in [0, 0.1) is 10.8 Å². The second kappa shape index (κ2) is 17.6. The van der Waals surface area contributed by atoms with Gasteiger partial charge in [-0.2, -0.15) is 0 Å². The highest BCUT2D eigenvalue weighted by Gasteiger charge is 2.26. The van der Waals surface area contributed by atoms with Gasteiger partial charge in [-0.1, -0.05) is 74.5 Å². The molecule has 0 saturated heterocycles. The molecule has 0 atom stereocenters. The summed E-state index contributed by atoms with van der Waals surface area (Å²) in [6.07, 6.45) is 10.9. The zero-order valence-corrected chi connectivity index (χ0v) is 32.8. The zero-order valence-electron chi connectivity index (χ0n) is 32.8. The molecule has 4 aromatic carbocycles. The lowest BCUT2D eigenvalue weighted by Gasteiger charge is -2.36. The van der Waals surface area contributed by atoms with E-state index in [1.165, 1.54) is 51.9 Å². The second-order valence-electron chi connectivity index (χ2n) is 14.3. The Kier molecular flexibility index (Phi) is 13.0. The van der Waals surface area contributed by atoms with Crippen LogP contribution in [0.4, 0.5) is 22.7 Å². The summed E-state index contributed by atoms with van der Waals surface area (Å²) in [6, 6.07) is 30.6. The van der Waals surface area contributed by atoms with Gasteiger partial charge >= 0.3 is 0 Å². The van der Waals surface area contributed by atoms with Gasteiger partial charge in [-0.25, -0.2) is 0 Å². The van der Waals surface area contributed by atoms with E-state index in [9.17, 15) is 0 Å². The van der Waals surface area contributed by atoms with E-state index in [-0.39, 0.29) is 12.1 Å². The fourth-order valence-corrected chi connectivity index (χ4v) is 7.67. The molecule has 0 radical (unpaired) electrons. The Morgan fingerprint density at radius 3 is 1.63 bits per heavy atom. The highest BCUT2D eigenvalue weighted by atomic mass is 15.4. The Bertz CT molecular complexity index is 1860. The third-order valence-electron chi connectivity index (χ3n) is 10.3. The van der Waals surface area contributed by atoms with Crippen LogP contribution in [0.2, 0.25) is 0 Å². The van der Waals surface area contributed by atoms with E-state index in [2.05, 4.69) is 172 Å². The van der Waals surface area contributed by atoms with Crippen molar-refractivity contribution in [1.29, 1.82) is 10.8 Å². The number of aryl methyl sites for hydroxylation is 3. The Morgan fingerprint density at radius 1 is 0.615 bits per heavy atom. The Morgan fingerprint density at radius 2 is 1.12 bits per heavy atom. The zero-order chi connectivity index (χ0) is 37.4. The molecule has 52 heavy (non-hydrogen) atoms. The van der Waals surface area contributed by atoms with Crippen LogP contribution in [0.5, 0.6) is 0 Å². The molecule has 2 aliphatic rings. The predicted molar refractivity (Wildman–Crippen MR) is 226 cm³/mol. The molecule has 0 spiro atoms. The van der Waals surface area contributed by atoms with Crippen molar-refractivity contribution in [3.05, 3.63) is 124 Å². The number of hydrogen-bond donors (Lipinski definition) is 2. The van der Waals surface area contributed by atoms with Crippen molar-refractivity contribution in [3.8, 4) is 0 Å². The molecule has 0 amide bonds. The summed E-state index contributed by atoms with van der Waals surface area (Å²) in [5.41, 5.74) is 12.6. The molecule has 0 aliphatic heterocycles. The number of fused-ring (bicyclic) bond motifs is 2. The van der Waals surface area contributed by atoms with E-state index >= 15 is 0 Å². The summed E-state index contributed by atoms with van der Waals surface area (Å²) >= 11 is 0. The molecule has 0 saturated carbocycles. The number of benzene rings is 4. The maximum atomic E-state index is 9.05. The topological polar surface area (TPSA) is 60.7 Å². The summed E-state index contributed by atoms with van der Waals surface area (Å²) in [4.78, 5) is 8.56. The summed E-state index contributed by atoms with van der Waals surface area (Å²) in [5, 5.41) is 18.1. The smallest absolute Gasteiger partial charge is 0.203 e. The molecule has 0 unspecified atom stereocenters. The number of guanidine groups is 2. The van der Waals surface area contributed by atoms with Crippen LogP contribution in [0.25, 0.3) is 6.08 Å². The number of anilines is 4. The molecule has 6 heteroatoms. The Labute approximate surface area is 313 Å².